The summed E-state index contributed by atoms with van der Waals surface area (Å²) < 4.78 is 27.2. The highest BCUT2D eigenvalue weighted by Crippen LogP contribution is 2.25. The molecule has 2 heterocycles. The van der Waals surface area contributed by atoms with E-state index in [2.05, 4.69) is 4.98 Å². The third kappa shape index (κ3) is 2.40. The van der Waals surface area contributed by atoms with Crippen LogP contribution in [-0.4, -0.2) is 23.9 Å². The van der Waals surface area contributed by atoms with Crippen LogP contribution in [0.15, 0.2) is 53.8 Å². The van der Waals surface area contributed by atoms with Crippen LogP contribution >= 0.6 is 0 Å². The van der Waals surface area contributed by atoms with Gasteiger partial charge < -0.3 is 5.73 Å². The van der Waals surface area contributed by atoms with Gasteiger partial charge in [0.15, 0.2) is 0 Å². The predicted molar refractivity (Wildman–Crippen MR) is 86.3 cm³/mol. The number of rotatable bonds is 4. The molecule has 5 nitrogen and oxygen atoms in total. The maximum absolute atomic E-state index is 12.9. The van der Waals surface area contributed by atoms with E-state index < -0.39 is 10.0 Å². The third-order valence-corrected chi connectivity index (χ3v) is 5.28. The van der Waals surface area contributed by atoms with E-state index in [0.29, 0.717) is 18.5 Å². The van der Waals surface area contributed by atoms with Gasteiger partial charge in [-0.15, -0.1) is 0 Å². The summed E-state index contributed by atoms with van der Waals surface area (Å²) in [5, 5.41) is 0.823. The van der Waals surface area contributed by atoms with E-state index in [-0.39, 0.29) is 4.90 Å². The van der Waals surface area contributed by atoms with Crippen LogP contribution in [0.25, 0.3) is 10.9 Å². The molecule has 0 aliphatic carbocycles. The molecule has 0 saturated carbocycles. The van der Waals surface area contributed by atoms with E-state index in [1.165, 1.54) is 3.97 Å². The predicted octanol–water partition coefficient (Wildman–Crippen LogP) is 2.08. The molecular formula is C16H17N3O2S. The molecule has 0 fully saturated rings. The SMILES string of the molecule is Cc1cccc(S(=O)(=O)n2cc(CCN)c3cnccc32)c1. The topological polar surface area (TPSA) is 78.0 Å². The molecule has 0 bridgehead atoms. The zero-order chi connectivity index (χ0) is 15.7. The van der Waals surface area contributed by atoms with Crippen molar-refractivity contribution in [3.8, 4) is 0 Å². The van der Waals surface area contributed by atoms with Crippen molar-refractivity contribution in [3.05, 3.63) is 60.0 Å². The van der Waals surface area contributed by atoms with E-state index in [9.17, 15) is 8.42 Å². The number of benzene rings is 1. The minimum absolute atomic E-state index is 0.278. The fourth-order valence-corrected chi connectivity index (χ4v) is 4.05. The number of nitrogens with two attached hydrogens (primary N) is 1. The molecule has 0 unspecified atom stereocenters. The van der Waals surface area contributed by atoms with Crippen molar-refractivity contribution in [2.24, 2.45) is 5.73 Å². The summed E-state index contributed by atoms with van der Waals surface area (Å²) in [4.78, 5) is 4.37. The highest BCUT2D eigenvalue weighted by Gasteiger charge is 2.21. The lowest BCUT2D eigenvalue weighted by molar-refractivity contribution is 0.589. The summed E-state index contributed by atoms with van der Waals surface area (Å²) in [7, 11) is -3.64. The molecule has 0 aliphatic rings. The normalized spacial score (nSPS) is 11.9. The monoisotopic (exact) mass is 315 g/mol. The first kappa shape index (κ1) is 14.7. The number of fused-ring (bicyclic) bond motifs is 1. The van der Waals surface area contributed by atoms with E-state index in [1.807, 2.05) is 13.0 Å². The lowest BCUT2D eigenvalue weighted by Crippen LogP contribution is -2.12. The maximum Gasteiger partial charge on any atom is 0.268 e. The Labute approximate surface area is 129 Å². The summed E-state index contributed by atoms with van der Waals surface area (Å²) in [6.07, 6.45) is 5.54. The Kier molecular flexibility index (Phi) is 3.72. The highest BCUT2D eigenvalue weighted by molar-refractivity contribution is 7.90. The van der Waals surface area contributed by atoms with E-state index in [0.717, 1.165) is 16.5 Å². The number of hydrogen-bond acceptors (Lipinski definition) is 4. The molecule has 3 aromatic rings. The van der Waals surface area contributed by atoms with Gasteiger partial charge in [-0.2, -0.15) is 0 Å². The van der Waals surface area contributed by atoms with Gasteiger partial charge in [0.2, 0.25) is 0 Å². The number of aromatic nitrogens is 2. The van der Waals surface area contributed by atoms with Gasteiger partial charge >= 0.3 is 0 Å². The lowest BCUT2D eigenvalue weighted by Gasteiger charge is -2.08. The molecule has 2 N–H and O–H groups in total. The van der Waals surface area contributed by atoms with Crippen LogP contribution in [0.4, 0.5) is 0 Å². The summed E-state index contributed by atoms with van der Waals surface area (Å²) >= 11 is 0. The average Bonchev–Trinajstić information content (AvgIpc) is 2.88. The van der Waals surface area contributed by atoms with Gasteiger partial charge in [0, 0.05) is 24.0 Å². The van der Waals surface area contributed by atoms with Crippen molar-refractivity contribution in [1.82, 2.24) is 8.96 Å². The largest absolute Gasteiger partial charge is 0.330 e. The van der Waals surface area contributed by atoms with Crippen LogP contribution in [-0.2, 0) is 16.4 Å². The van der Waals surface area contributed by atoms with Crippen molar-refractivity contribution in [3.63, 3.8) is 0 Å². The number of pyridine rings is 1. The minimum Gasteiger partial charge on any atom is -0.330 e. The Balaban J connectivity index is 2.25. The second kappa shape index (κ2) is 5.55. The summed E-state index contributed by atoms with van der Waals surface area (Å²) in [5.74, 6) is 0. The molecule has 6 heteroatoms. The summed E-state index contributed by atoms with van der Waals surface area (Å²) in [5.41, 5.74) is 8.04. The Morgan fingerprint density at radius 1 is 1.27 bits per heavy atom. The average molecular weight is 315 g/mol. The standard InChI is InChI=1S/C16H17N3O2S/c1-12-3-2-4-14(9-12)22(20,21)19-11-13(5-7-17)15-10-18-8-6-16(15)19/h2-4,6,8-11H,5,7,17H2,1H3. The molecule has 2 aromatic heterocycles. The zero-order valence-corrected chi connectivity index (χ0v) is 13.0. The van der Waals surface area contributed by atoms with Gasteiger partial charge in [-0.1, -0.05) is 12.1 Å². The highest BCUT2D eigenvalue weighted by atomic mass is 32.2. The first-order chi connectivity index (χ1) is 10.5. The van der Waals surface area contributed by atoms with Crippen LogP contribution in [0.5, 0.6) is 0 Å². The molecule has 1 aromatic carbocycles. The van der Waals surface area contributed by atoms with Gasteiger partial charge in [0.25, 0.3) is 10.0 Å². The Bertz CT molecular complexity index is 929. The lowest BCUT2D eigenvalue weighted by atomic mass is 10.2. The molecule has 0 spiro atoms. The first-order valence-electron chi connectivity index (χ1n) is 7.00. The first-order valence-corrected chi connectivity index (χ1v) is 8.44. The number of hydrogen-bond donors (Lipinski definition) is 1. The van der Waals surface area contributed by atoms with E-state index in [1.54, 1.807) is 42.9 Å². The van der Waals surface area contributed by atoms with Crippen LogP contribution in [0.3, 0.4) is 0 Å². The molecule has 0 saturated heterocycles. The van der Waals surface area contributed by atoms with E-state index in [4.69, 9.17) is 5.73 Å². The molecule has 0 amide bonds. The van der Waals surface area contributed by atoms with Crippen molar-refractivity contribution in [2.75, 3.05) is 6.54 Å². The maximum atomic E-state index is 12.9. The third-order valence-electron chi connectivity index (χ3n) is 3.61. The quantitative estimate of drug-likeness (QED) is 0.799. The Morgan fingerprint density at radius 2 is 2.09 bits per heavy atom. The van der Waals surface area contributed by atoms with Crippen molar-refractivity contribution in [1.29, 1.82) is 0 Å². The number of aryl methyl sites for hydroxylation is 1. The van der Waals surface area contributed by atoms with Crippen LogP contribution in [0.1, 0.15) is 11.1 Å². The zero-order valence-electron chi connectivity index (χ0n) is 12.2. The summed E-state index contributed by atoms with van der Waals surface area (Å²) in [6, 6.07) is 8.61. The smallest absolute Gasteiger partial charge is 0.268 e. The van der Waals surface area contributed by atoms with Gasteiger partial charge in [0.05, 0.1) is 10.4 Å². The second-order valence-corrected chi connectivity index (χ2v) is 7.02. The second-order valence-electron chi connectivity index (χ2n) is 5.20. The van der Waals surface area contributed by atoms with E-state index >= 15 is 0 Å². The van der Waals surface area contributed by atoms with Crippen molar-refractivity contribution >= 4 is 20.9 Å². The van der Waals surface area contributed by atoms with Crippen LogP contribution in [0, 0.1) is 6.92 Å². The van der Waals surface area contributed by atoms with Crippen LogP contribution < -0.4 is 5.73 Å². The Hall–Kier alpha value is -2.18. The fourth-order valence-electron chi connectivity index (χ4n) is 2.55. The fraction of sp³-hybridized carbons (Fsp3) is 0.188. The van der Waals surface area contributed by atoms with Gasteiger partial charge in [-0.25, -0.2) is 12.4 Å². The molecule has 22 heavy (non-hydrogen) atoms. The van der Waals surface area contributed by atoms with Crippen molar-refractivity contribution < 1.29 is 8.42 Å². The number of nitrogens with zero attached hydrogens (tertiary/aromatic N) is 2. The summed E-state index contributed by atoms with van der Waals surface area (Å²) in [6.45, 7) is 2.33. The Morgan fingerprint density at radius 3 is 2.82 bits per heavy atom. The van der Waals surface area contributed by atoms with Gasteiger partial charge in [-0.3, -0.25) is 4.98 Å². The van der Waals surface area contributed by atoms with Crippen LogP contribution in [0.2, 0.25) is 0 Å². The van der Waals surface area contributed by atoms with Gasteiger partial charge in [0.1, 0.15) is 0 Å². The minimum atomic E-state index is -3.64. The molecule has 0 atom stereocenters. The van der Waals surface area contributed by atoms with Gasteiger partial charge in [-0.05, 0) is 49.2 Å². The molecular weight excluding hydrogens is 298 g/mol. The van der Waals surface area contributed by atoms with Crippen molar-refractivity contribution in [2.45, 2.75) is 18.2 Å². The molecule has 114 valence electrons. The molecule has 0 radical (unpaired) electrons. The molecule has 0 aliphatic heterocycles. The molecule has 3 rings (SSSR count).